The number of amides is 1. The fourth-order valence-corrected chi connectivity index (χ4v) is 4.50. The summed E-state index contributed by atoms with van der Waals surface area (Å²) in [5, 5.41) is 14.6. The Bertz CT molecular complexity index is 1090. The topological polar surface area (TPSA) is 87.8 Å². The van der Waals surface area contributed by atoms with Crippen molar-refractivity contribution in [3.8, 4) is 0 Å². The number of amidine groups is 1. The summed E-state index contributed by atoms with van der Waals surface area (Å²) in [6.45, 7) is 5.82. The van der Waals surface area contributed by atoms with Crippen molar-refractivity contribution in [1.82, 2.24) is 5.32 Å². The lowest BCUT2D eigenvalue weighted by Crippen LogP contribution is -2.20. The van der Waals surface area contributed by atoms with E-state index >= 15 is 0 Å². The van der Waals surface area contributed by atoms with Crippen molar-refractivity contribution in [1.29, 1.82) is 0 Å². The molecule has 0 aliphatic carbocycles. The molecule has 30 heavy (non-hydrogen) atoms. The molecule has 2 fully saturated rings. The molecule has 2 aromatic carbocycles. The molecule has 2 saturated heterocycles. The average Bonchev–Trinajstić information content (AvgIpc) is 3.34. The summed E-state index contributed by atoms with van der Waals surface area (Å²) in [5.41, 5.74) is 4.59. The Kier molecular flexibility index (Phi) is 5.59. The van der Waals surface area contributed by atoms with Crippen molar-refractivity contribution < 1.29 is 9.72 Å². The zero-order chi connectivity index (χ0) is 21.3. The quantitative estimate of drug-likeness (QED) is 0.438. The maximum absolute atomic E-state index is 12.5. The first-order valence-electron chi connectivity index (χ1n) is 9.81. The van der Waals surface area contributed by atoms with Crippen molar-refractivity contribution in [2.75, 3.05) is 18.0 Å². The molecular weight excluding hydrogens is 400 g/mol. The summed E-state index contributed by atoms with van der Waals surface area (Å²) in [7, 11) is 0. The molecule has 0 saturated carbocycles. The Morgan fingerprint density at radius 1 is 1.17 bits per heavy atom. The van der Waals surface area contributed by atoms with Crippen LogP contribution in [0.3, 0.4) is 0 Å². The lowest BCUT2D eigenvalue weighted by atomic mass is 10.1. The van der Waals surface area contributed by atoms with Crippen molar-refractivity contribution in [2.24, 2.45) is 4.99 Å². The molecule has 0 radical (unpaired) electrons. The number of carbonyl (C=O) groups is 1. The highest BCUT2D eigenvalue weighted by Gasteiger charge is 2.26. The predicted molar refractivity (Wildman–Crippen MR) is 121 cm³/mol. The number of benzene rings is 2. The van der Waals surface area contributed by atoms with Crippen LogP contribution in [0.2, 0.25) is 0 Å². The second-order valence-corrected chi connectivity index (χ2v) is 8.50. The number of nitro benzene ring substituents is 1. The van der Waals surface area contributed by atoms with Gasteiger partial charge in [0.25, 0.3) is 11.6 Å². The summed E-state index contributed by atoms with van der Waals surface area (Å²) in [5.74, 6) is -0.248. The van der Waals surface area contributed by atoms with E-state index in [1.807, 2.05) is 32.0 Å². The summed E-state index contributed by atoms with van der Waals surface area (Å²) in [6.07, 6.45) is 3.91. The number of anilines is 1. The molecule has 7 nitrogen and oxygen atoms in total. The zero-order valence-electron chi connectivity index (χ0n) is 16.8. The van der Waals surface area contributed by atoms with Gasteiger partial charge in [-0.15, -0.1) is 0 Å². The van der Waals surface area contributed by atoms with Crippen molar-refractivity contribution >= 4 is 46.0 Å². The number of nitrogens with zero attached hydrogens (tertiary/aromatic N) is 3. The van der Waals surface area contributed by atoms with Crippen LogP contribution in [0.15, 0.2) is 46.3 Å². The van der Waals surface area contributed by atoms with Gasteiger partial charge in [0.1, 0.15) is 0 Å². The maximum atomic E-state index is 12.5. The molecule has 0 bridgehead atoms. The summed E-state index contributed by atoms with van der Waals surface area (Å²) < 4.78 is 0. The number of hydrogen-bond donors (Lipinski definition) is 1. The second-order valence-electron chi connectivity index (χ2n) is 7.47. The van der Waals surface area contributed by atoms with E-state index in [2.05, 4.69) is 15.2 Å². The Morgan fingerprint density at radius 2 is 1.93 bits per heavy atom. The summed E-state index contributed by atoms with van der Waals surface area (Å²) >= 11 is 1.25. The van der Waals surface area contributed by atoms with Crippen LogP contribution in [-0.4, -0.2) is 29.1 Å². The van der Waals surface area contributed by atoms with Gasteiger partial charge in [-0.1, -0.05) is 17.7 Å². The standard InChI is InChI=1S/C22H22N4O3S/c1-14-5-7-18(15(2)11-14)23-22-24-21(27)20(30-22)13-16-12-17(26(28)29)6-8-19(16)25-9-3-4-10-25/h5-8,11-13H,3-4,9-10H2,1-2H3,(H,23,24,27)/b20-13-. The first-order valence-corrected chi connectivity index (χ1v) is 10.6. The minimum absolute atomic E-state index is 0.0115. The van der Waals surface area contributed by atoms with Gasteiger partial charge in [-0.3, -0.25) is 14.9 Å². The molecule has 2 aliphatic heterocycles. The molecule has 0 atom stereocenters. The first kappa shape index (κ1) is 20.2. The third-order valence-electron chi connectivity index (χ3n) is 5.18. The van der Waals surface area contributed by atoms with E-state index in [-0.39, 0.29) is 11.6 Å². The highest BCUT2D eigenvalue weighted by molar-refractivity contribution is 8.18. The van der Waals surface area contributed by atoms with E-state index in [0.717, 1.165) is 48.4 Å². The van der Waals surface area contributed by atoms with Gasteiger partial charge in [-0.25, -0.2) is 4.99 Å². The lowest BCUT2D eigenvalue weighted by molar-refractivity contribution is -0.384. The van der Waals surface area contributed by atoms with Gasteiger partial charge >= 0.3 is 0 Å². The van der Waals surface area contributed by atoms with Crippen LogP contribution in [0.4, 0.5) is 17.1 Å². The van der Waals surface area contributed by atoms with Gasteiger partial charge in [0.05, 0.1) is 15.5 Å². The number of non-ortho nitro benzene ring substituents is 1. The number of thioether (sulfide) groups is 1. The number of aryl methyl sites for hydroxylation is 2. The Balaban J connectivity index is 1.67. The number of carbonyl (C=O) groups excluding carboxylic acids is 1. The average molecular weight is 423 g/mol. The van der Waals surface area contributed by atoms with Crippen molar-refractivity contribution in [2.45, 2.75) is 26.7 Å². The van der Waals surface area contributed by atoms with Crippen LogP contribution in [-0.2, 0) is 4.79 Å². The van der Waals surface area contributed by atoms with E-state index in [9.17, 15) is 14.9 Å². The van der Waals surface area contributed by atoms with Gasteiger partial charge in [0, 0.05) is 36.5 Å². The van der Waals surface area contributed by atoms with E-state index in [1.54, 1.807) is 12.1 Å². The first-order chi connectivity index (χ1) is 14.4. The molecular formula is C22H22N4O3S. The fraction of sp³-hybridized carbons (Fsp3) is 0.273. The maximum Gasteiger partial charge on any atom is 0.270 e. The number of nitrogens with one attached hydrogen (secondary N) is 1. The molecule has 154 valence electrons. The number of aliphatic imine (C=N–C) groups is 1. The molecule has 1 N–H and O–H groups in total. The molecule has 0 unspecified atom stereocenters. The minimum Gasteiger partial charge on any atom is -0.371 e. The van der Waals surface area contributed by atoms with Crippen LogP contribution in [0.5, 0.6) is 0 Å². The van der Waals surface area contributed by atoms with Crippen LogP contribution >= 0.6 is 11.8 Å². The minimum atomic E-state index is -0.412. The van der Waals surface area contributed by atoms with Crippen LogP contribution < -0.4 is 10.2 Å². The fourth-order valence-electron chi connectivity index (χ4n) is 3.68. The molecule has 1 amide bonds. The normalized spacial score (nSPS) is 19.0. The molecule has 0 aromatic heterocycles. The highest BCUT2D eigenvalue weighted by Crippen LogP contribution is 2.34. The van der Waals surface area contributed by atoms with Crippen LogP contribution in [0, 0.1) is 24.0 Å². The van der Waals surface area contributed by atoms with Gasteiger partial charge in [0.2, 0.25) is 0 Å². The van der Waals surface area contributed by atoms with E-state index in [0.29, 0.717) is 15.6 Å². The zero-order valence-corrected chi connectivity index (χ0v) is 17.7. The number of rotatable bonds is 4. The third-order valence-corrected chi connectivity index (χ3v) is 6.09. The SMILES string of the molecule is Cc1ccc(N=C2NC(=O)/C(=C/c3cc([N+](=O)[O-])ccc3N3CCCC3)S2)c(C)c1. The molecule has 2 aromatic rings. The molecule has 0 spiro atoms. The molecule has 8 heteroatoms. The Hall–Kier alpha value is -3.13. The van der Waals surface area contributed by atoms with Gasteiger partial charge in [-0.2, -0.15) is 0 Å². The largest absolute Gasteiger partial charge is 0.371 e. The van der Waals surface area contributed by atoms with Crippen molar-refractivity contribution in [3.05, 3.63) is 68.1 Å². The van der Waals surface area contributed by atoms with Gasteiger partial charge in [-0.05, 0) is 62.2 Å². The third kappa shape index (κ3) is 4.23. The Labute approximate surface area is 179 Å². The predicted octanol–water partition coefficient (Wildman–Crippen LogP) is 4.70. The van der Waals surface area contributed by atoms with E-state index < -0.39 is 4.92 Å². The van der Waals surface area contributed by atoms with Crippen LogP contribution in [0.1, 0.15) is 29.5 Å². The van der Waals surface area contributed by atoms with Crippen molar-refractivity contribution in [3.63, 3.8) is 0 Å². The second kappa shape index (κ2) is 8.31. The smallest absolute Gasteiger partial charge is 0.270 e. The summed E-state index contributed by atoms with van der Waals surface area (Å²) in [6, 6.07) is 10.8. The lowest BCUT2D eigenvalue weighted by Gasteiger charge is -2.20. The Morgan fingerprint density at radius 3 is 2.63 bits per heavy atom. The highest BCUT2D eigenvalue weighted by atomic mass is 32.2. The van der Waals surface area contributed by atoms with E-state index in [4.69, 9.17) is 0 Å². The molecule has 4 rings (SSSR count). The molecule has 2 aliphatic rings. The summed E-state index contributed by atoms with van der Waals surface area (Å²) in [4.78, 5) is 30.6. The van der Waals surface area contributed by atoms with Crippen LogP contribution in [0.25, 0.3) is 6.08 Å². The monoisotopic (exact) mass is 422 g/mol. The number of hydrogen-bond acceptors (Lipinski definition) is 6. The van der Waals surface area contributed by atoms with E-state index in [1.165, 1.54) is 23.9 Å². The van der Waals surface area contributed by atoms with Gasteiger partial charge < -0.3 is 10.2 Å². The molecule has 2 heterocycles. The van der Waals surface area contributed by atoms with Gasteiger partial charge in [0.15, 0.2) is 5.17 Å². The number of nitro groups is 1.